The van der Waals surface area contributed by atoms with Crippen LogP contribution in [0.25, 0.3) is 5.69 Å². The summed E-state index contributed by atoms with van der Waals surface area (Å²) in [4.78, 5) is 14.4. The van der Waals surface area contributed by atoms with Crippen LogP contribution in [0.5, 0.6) is 0 Å². The summed E-state index contributed by atoms with van der Waals surface area (Å²) in [5.41, 5.74) is 1.23. The third-order valence-corrected chi connectivity index (χ3v) is 3.74. The van der Waals surface area contributed by atoms with Crippen LogP contribution in [0.4, 0.5) is 0 Å². The fraction of sp³-hybridized carbons (Fsp3) is 0.385. The molecule has 0 spiro atoms. The van der Waals surface area contributed by atoms with E-state index in [1.165, 1.54) is 11.0 Å². The van der Waals surface area contributed by atoms with Crippen molar-refractivity contribution in [1.29, 1.82) is 0 Å². The van der Waals surface area contributed by atoms with E-state index in [0.717, 1.165) is 31.7 Å². The first-order valence-electron chi connectivity index (χ1n) is 6.78. The standard InChI is InChI=1S/C13H15ClN6O.ClH/c14-12-8-10(20-9-16-17-18-20)2-3-11(12)13(21)19-6-1-4-15-5-7-19;/h2-3,8-9,15H,1,4-7H2;1H. The van der Waals surface area contributed by atoms with Gasteiger partial charge >= 0.3 is 0 Å². The summed E-state index contributed by atoms with van der Waals surface area (Å²) in [6.45, 7) is 3.20. The first kappa shape index (κ1) is 16.7. The van der Waals surface area contributed by atoms with Crippen molar-refractivity contribution < 1.29 is 4.79 Å². The summed E-state index contributed by atoms with van der Waals surface area (Å²) >= 11 is 6.26. The van der Waals surface area contributed by atoms with Crippen LogP contribution in [0.15, 0.2) is 24.5 Å². The van der Waals surface area contributed by atoms with Gasteiger partial charge in [-0.05, 0) is 41.6 Å². The molecule has 1 fully saturated rings. The second kappa shape index (κ2) is 7.53. The van der Waals surface area contributed by atoms with E-state index >= 15 is 0 Å². The van der Waals surface area contributed by atoms with Gasteiger partial charge in [-0.2, -0.15) is 0 Å². The van der Waals surface area contributed by atoms with Gasteiger partial charge in [-0.3, -0.25) is 4.79 Å². The maximum absolute atomic E-state index is 12.5. The van der Waals surface area contributed by atoms with Crippen molar-refractivity contribution in [3.8, 4) is 5.69 Å². The Hall–Kier alpha value is -1.70. The van der Waals surface area contributed by atoms with E-state index in [2.05, 4.69) is 20.8 Å². The van der Waals surface area contributed by atoms with Crippen LogP contribution in [0, 0.1) is 0 Å². The minimum Gasteiger partial charge on any atom is -0.337 e. The van der Waals surface area contributed by atoms with Crippen LogP contribution < -0.4 is 5.32 Å². The normalized spacial score (nSPS) is 15.0. The third kappa shape index (κ3) is 3.55. The smallest absolute Gasteiger partial charge is 0.255 e. The number of benzene rings is 1. The van der Waals surface area contributed by atoms with Crippen LogP contribution >= 0.6 is 24.0 Å². The molecule has 1 aliphatic rings. The molecule has 1 N–H and O–H groups in total. The molecule has 3 rings (SSSR count). The molecule has 0 radical (unpaired) electrons. The summed E-state index contributed by atoms with van der Waals surface area (Å²) in [7, 11) is 0. The van der Waals surface area contributed by atoms with Gasteiger partial charge in [0.1, 0.15) is 6.33 Å². The zero-order chi connectivity index (χ0) is 14.7. The van der Waals surface area contributed by atoms with Crippen LogP contribution in [-0.4, -0.2) is 57.2 Å². The zero-order valence-electron chi connectivity index (χ0n) is 11.8. The summed E-state index contributed by atoms with van der Waals surface area (Å²) in [6, 6.07) is 5.20. The molecule has 22 heavy (non-hydrogen) atoms. The molecular weight excluding hydrogens is 327 g/mol. The van der Waals surface area contributed by atoms with Gasteiger partial charge in [0.2, 0.25) is 0 Å². The van der Waals surface area contributed by atoms with Gasteiger partial charge in [-0.25, -0.2) is 4.68 Å². The van der Waals surface area contributed by atoms with Crippen molar-refractivity contribution in [3.63, 3.8) is 0 Å². The van der Waals surface area contributed by atoms with Crippen molar-refractivity contribution in [1.82, 2.24) is 30.4 Å². The lowest BCUT2D eigenvalue weighted by Gasteiger charge is -2.20. The molecule has 0 unspecified atom stereocenters. The topological polar surface area (TPSA) is 75.9 Å². The predicted molar refractivity (Wildman–Crippen MR) is 84.8 cm³/mol. The largest absolute Gasteiger partial charge is 0.337 e. The first-order chi connectivity index (χ1) is 10.3. The highest BCUT2D eigenvalue weighted by atomic mass is 35.5. The van der Waals surface area contributed by atoms with E-state index in [1.54, 1.807) is 18.2 Å². The van der Waals surface area contributed by atoms with Crippen molar-refractivity contribution in [2.24, 2.45) is 0 Å². The number of hydrogen-bond donors (Lipinski definition) is 1. The predicted octanol–water partition coefficient (Wildman–Crippen LogP) is 1.17. The lowest BCUT2D eigenvalue weighted by Crippen LogP contribution is -2.34. The molecule has 1 aliphatic heterocycles. The monoisotopic (exact) mass is 342 g/mol. The number of halogens is 2. The fourth-order valence-corrected chi connectivity index (χ4v) is 2.57. The van der Waals surface area contributed by atoms with Gasteiger partial charge in [0.25, 0.3) is 5.91 Å². The van der Waals surface area contributed by atoms with Crippen molar-refractivity contribution in [3.05, 3.63) is 35.1 Å². The van der Waals surface area contributed by atoms with Crippen molar-refractivity contribution >= 4 is 29.9 Å². The highest BCUT2D eigenvalue weighted by Gasteiger charge is 2.19. The van der Waals surface area contributed by atoms with Crippen molar-refractivity contribution in [2.45, 2.75) is 6.42 Å². The Morgan fingerprint density at radius 2 is 2.14 bits per heavy atom. The number of nitrogens with one attached hydrogen (secondary N) is 1. The van der Waals surface area contributed by atoms with Gasteiger partial charge in [-0.1, -0.05) is 11.6 Å². The Morgan fingerprint density at radius 1 is 1.27 bits per heavy atom. The SMILES string of the molecule is Cl.O=C(c1ccc(-n2cnnn2)cc1Cl)N1CCCNCC1. The Labute approximate surface area is 139 Å². The molecule has 0 saturated carbocycles. The van der Waals surface area contributed by atoms with Crippen LogP contribution in [0.3, 0.4) is 0 Å². The molecule has 7 nitrogen and oxygen atoms in total. The van der Waals surface area contributed by atoms with E-state index in [-0.39, 0.29) is 18.3 Å². The molecule has 118 valence electrons. The number of aromatic nitrogens is 4. The second-order valence-electron chi connectivity index (χ2n) is 4.81. The molecule has 2 heterocycles. The fourth-order valence-electron chi connectivity index (χ4n) is 2.32. The molecule has 1 aromatic carbocycles. The number of amides is 1. The molecule has 2 aromatic rings. The lowest BCUT2D eigenvalue weighted by atomic mass is 10.1. The average molecular weight is 343 g/mol. The Balaban J connectivity index is 0.00000176. The van der Waals surface area contributed by atoms with Crippen LogP contribution in [0.1, 0.15) is 16.8 Å². The van der Waals surface area contributed by atoms with E-state index in [9.17, 15) is 4.79 Å². The number of nitrogens with zero attached hydrogens (tertiary/aromatic N) is 5. The van der Waals surface area contributed by atoms with E-state index in [1.807, 2.05) is 4.90 Å². The van der Waals surface area contributed by atoms with E-state index in [4.69, 9.17) is 11.6 Å². The summed E-state index contributed by atoms with van der Waals surface area (Å²) < 4.78 is 1.50. The number of rotatable bonds is 2. The van der Waals surface area contributed by atoms with Crippen LogP contribution in [0.2, 0.25) is 5.02 Å². The quantitative estimate of drug-likeness (QED) is 0.886. The average Bonchev–Trinajstić information content (AvgIpc) is 2.89. The molecule has 1 aromatic heterocycles. The number of carbonyl (C=O) groups excluding carboxylic acids is 1. The maximum Gasteiger partial charge on any atom is 0.255 e. The first-order valence-corrected chi connectivity index (χ1v) is 7.16. The minimum atomic E-state index is -0.0352. The Kier molecular flexibility index (Phi) is 5.70. The number of carbonyl (C=O) groups is 1. The van der Waals surface area contributed by atoms with Gasteiger partial charge in [0.15, 0.2) is 0 Å². The van der Waals surface area contributed by atoms with E-state index < -0.39 is 0 Å². The summed E-state index contributed by atoms with van der Waals surface area (Å²) in [6.07, 6.45) is 2.43. The summed E-state index contributed by atoms with van der Waals surface area (Å²) in [5.74, 6) is -0.0352. The van der Waals surface area contributed by atoms with Gasteiger partial charge in [0.05, 0.1) is 16.3 Å². The van der Waals surface area contributed by atoms with Gasteiger partial charge in [-0.15, -0.1) is 17.5 Å². The highest BCUT2D eigenvalue weighted by molar-refractivity contribution is 6.34. The maximum atomic E-state index is 12.5. The molecule has 1 amide bonds. The van der Waals surface area contributed by atoms with Gasteiger partial charge < -0.3 is 10.2 Å². The number of hydrogen-bond acceptors (Lipinski definition) is 5. The van der Waals surface area contributed by atoms with Crippen molar-refractivity contribution in [2.75, 3.05) is 26.2 Å². The molecule has 0 bridgehead atoms. The second-order valence-corrected chi connectivity index (χ2v) is 5.22. The molecular formula is C13H16Cl2N6O. The molecule has 9 heteroatoms. The van der Waals surface area contributed by atoms with E-state index in [0.29, 0.717) is 17.1 Å². The Morgan fingerprint density at radius 3 is 2.86 bits per heavy atom. The van der Waals surface area contributed by atoms with Gasteiger partial charge in [0, 0.05) is 19.6 Å². The van der Waals surface area contributed by atoms with Crippen LogP contribution in [-0.2, 0) is 0 Å². The number of tetrazole rings is 1. The minimum absolute atomic E-state index is 0. The lowest BCUT2D eigenvalue weighted by molar-refractivity contribution is 0.0766. The zero-order valence-corrected chi connectivity index (χ0v) is 13.3. The molecule has 1 saturated heterocycles. The highest BCUT2D eigenvalue weighted by Crippen LogP contribution is 2.21. The molecule has 0 atom stereocenters. The third-order valence-electron chi connectivity index (χ3n) is 3.42. The summed E-state index contributed by atoms with van der Waals surface area (Å²) in [5, 5.41) is 14.6. The molecule has 0 aliphatic carbocycles. The Bertz CT molecular complexity index is 625.